The zero-order valence-electron chi connectivity index (χ0n) is 13.1. The molecule has 3 heteroatoms. The third-order valence-corrected chi connectivity index (χ3v) is 5.13. The van der Waals surface area contributed by atoms with Gasteiger partial charge in [-0.25, -0.2) is 0 Å². The van der Waals surface area contributed by atoms with Gasteiger partial charge in [0.2, 0.25) is 0 Å². The molecular weight excluding hydrogens is 260 g/mol. The molecule has 1 heterocycles. The van der Waals surface area contributed by atoms with Crippen LogP contribution in [-0.4, -0.2) is 36.4 Å². The molecule has 1 aliphatic carbocycles. The molecule has 3 nitrogen and oxygen atoms in total. The van der Waals surface area contributed by atoms with Crippen molar-refractivity contribution in [2.24, 2.45) is 0 Å². The minimum absolute atomic E-state index is 0.0551. The van der Waals surface area contributed by atoms with Crippen LogP contribution in [0.3, 0.4) is 0 Å². The van der Waals surface area contributed by atoms with Crippen LogP contribution in [0, 0.1) is 0 Å². The van der Waals surface area contributed by atoms with Gasteiger partial charge in [0, 0.05) is 30.4 Å². The van der Waals surface area contributed by atoms with Gasteiger partial charge in [-0.2, -0.15) is 0 Å². The molecular formula is C18H28N2O. The largest absolute Gasteiger partial charge is 0.394 e. The monoisotopic (exact) mass is 288 g/mol. The van der Waals surface area contributed by atoms with Crippen LogP contribution in [0.15, 0.2) is 24.3 Å². The van der Waals surface area contributed by atoms with E-state index in [2.05, 4.69) is 41.4 Å². The molecule has 1 atom stereocenters. The predicted octanol–water partition coefficient (Wildman–Crippen LogP) is 2.72. The van der Waals surface area contributed by atoms with E-state index in [0.717, 1.165) is 32.4 Å². The normalized spacial score (nSPS) is 20.4. The minimum atomic E-state index is -0.0551. The van der Waals surface area contributed by atoms with Crippen molar-refractivity contribution in [2.75, 3.05) is 24.6 Å². The Morgan fingerprint density at radius 3 is 2.86 bits per heavy atom. The molecule has 0 saturated heterocycles. The van der Waals surface area contributed by atoms with E-state index in [1.807, 2.05) is 0 Å². The minimum Gasteiger partial charge on any atom is -0.394 e. The van der Waals surface area contributed by atoms with Crippen LogP contribution in [0.4, 0.5) is 5.69 Å². The molecule has 0 bridgehead atoms. The molecule has 0 amide bonds. The highest BCUT2D eigenvalue weighted by atomic mass is 16.3. The summed E-state index contributed by atoms with van der Waals surface area (Å²) in [6.07, 6.45) is 6.95. The van der Waals surface area contributed by atoms with Gasteiger partial charge in [0.15, 0.2) is 0 Å². The summed E-state index contributed by atoms with van der Waals surface area (Å²) in [4.78, 5) is 2.50. The van der Waals surface area contributed by atoms with Gasteiger partial charge in [-0.05, 0) is 50.2 Å². The van der Waals surface area contributed by atoms with Crippen LogP contribution in [0.25, 0.3) is 0 Å². The van der Waals surface area contributed by atoms with Gasteiger partial charge in [0.05, 0.1) is 6.61 Å². The lowest BCUT2D eigenvalue weighted by atomic mass is 9.91. The van der Waals surface area contributed by atoms with E-state index in [0.29, 0.717) is 6.04 Å². The summed E-state index contributed by atoms with van der Waals surface area (Å²) in [6, 6.07) is 9.41. The van der Waals surface area contributed by atoms with E-state index < -0.39 is 0 Å². The maximum absolute atomic E-state index is 9.83. The van der Waals surface area contributed by atoms with Crippen LogP contribution < -0.4 is 10.2 Å². The van der Waals surface area contributed by atoms with Crippen LogP contribution >= 0.6 is 0 Å². The van der Waals surface area contributed by atoms with Gasteiger partial charge in [-0.3, -0.25) is 0 Å². The van der Waals surface area contributed by atoms with Gasteiger partial charge in [-0.1, -0.05) is 25.1 Å². The predicted molar refractivity (Wildman–Crippen MR) is 87.9 cm³/mol. The summed E-state index contributed by atoms with van der Waals surface area (Å²) in [6.45, 7) is 4.70. The summed E-state index contributed by atoms with van der Waals surface area (Å²) >= 11 is 0. The average molecular weight is 288 g/mol. The number of hydrogen-bond acceptors (Lipinski definition) is 3. The summed E-state index contributed by atoms with van der Waals surface area (Å²) in [5, 5.41) is 13.5. The Kier molecular flexibility index (Phi) is 4.51. The first-order valence-electron chi connectivity index (χ1n) is 8.48. The Balaban J connectivity index is 1.53. The first-order chi connectivity index (χ1) is 10.3. The van der Waals surface area contributed by atoms with E-state index >= 15 is 0 Å². The molecule has 1 aromatic rings. The Morgan fingerprint density at radius 2 is 2.14 bits per heavy atom. The summed E-state index contributed by atoms with van der Waals surface area (Å²) in [7, 11) is 0. The lowest BCUT2D eigenvalue weighted by molar-refractivity contribution is 0.143. The van der Waals surface area contributed by atoms with Crippen molar-refractivity contribution in [3.8, 4) is 0 Å². The fourth-order valence-corrected chi connectivity index (χ4v) is 3.50. The maximum atomic E-state index is 9.83. The number of aliphatic hydroxyl groups is 1. The summed E-state index contributed by atoms with van der Waals surface area (Å²) in [5.74, 6) is 0. The van der Waals surface area contributed by atoms with E-state index in [4.69, 9.17) is 0 Å². The molecule has 2 aliphatic rings. The highest BCUT2D eigenvalue weighted by molar-refractivity contribution is 5.57. The van der Waals surface area contributed by atoms with E-state index in [9.17, 15) is 5.11 Å². The molecule has 2 N–H and O–H groups in total. The Bertz CT molecular complexity index is 466. The Morgan fingerprint density at radius 1 is 1.33 bits per heavy atom. The molecule has 1 aliphatic heterocycles. The Labute approximate surface area is 128 Å². The van der Waals surface area contributed by atoms with E-state index in [-0.39, 0.29) is 12.1 Å². The SMILES string of the molecule is CCC(CO)(CCCN1CCc2ccccc21)NC1CC1. The van der Waals surface area contributed by atoms with Crippen molar-refractivity contribution in [1.82, 2.24) is 5.32 Å². The molecule has 116 valence electrons. The second-order valence-corrected chi connectivity index (χ2v) is 6.68. The first kappa shape index (κ1) is 14.9. The molecule has 1 unspecified atom stereocenters. The quantitative estimate of drug-likeness (QED) is 0.772. The van der Waals surface area contributed by atoms with Gasteiger partial charge in [-0.15, -0.1) is 0 Å². The molecule has 0 spiro atoms. The second-order valence-electron chi connectivity index (χ2n) is 6.68. The van der Waals surface area contributed by atoms with E-state index in [1.54, 1.807) is 0 Å². The van der Waals surface area contributed by atoms with Crippen LogP contribution in [-0.2, 0) is 6.42 Å². The smallest absolute Gasteiger partial charge is 0.0613 e. The first-order valence-corrected chi connectivity index (χ1v) is 8.48. The van der Waals surface area contributed by atoms with Crippen molar-refractivity contribution in [2.45, 2.75) is 57.0 Å². The summed E-state index contributed by atoms with van der Waals surface area (Å²) in [5.41, 5.74) is 2.84. The van der Waals surface area contributed by atoms with Crippen molar-refractivity contribution in [1.29, 1.82) is 0 Å². The lowest BCUT2D eigenvalue weighted by Gasteiger charge is -2.33. The van der Waals surface area contributed by atoms with Crippen molar-refractivity contribution in [3.05, 3.63) is 29.8 Å². The van der Waals surface area contributed by atoms with Crippen LogP contribution in [0.2, 0.25) is 0 Å². The van der Waals surface area contributed by atoms with Crippen LogP contribution in [0.5, 0.6) is 0 Å². The number of nitrogens with one attached hydrogen (secondary N) is 1. The van der Waals surface area contributed by atoms with E-state index in [1.165, 1.54) is 30.5 Å². The molecule has 0 aromatic heterocycles. The number of anilines is 1. The number of hydrogen-bond donors (Lipinski definition) is 2. The molecule has 1 aromatic carbocycles. The second kappa shape index (κ2) is 6.37. The number of benzene rings is 1. The van der Waals surface area contributed by atoms with Gasteiger partial charge < -0.3 is 15.3 Å². The number of fused-ring (bicyclic) bond motifs is 1. The fraction of sp³-hybridized carbons (Fsp3) is 0.667. The van der Waals surface area contributed by atoms with Gasteiger partial charge in [0.1, 0.15) is 0 Å². The zero-order valence-corrected chi connectivity index (χ0v) is 13.1. The molecule has 21 heavy (non-hydrogen) atoms. The van der Waals surface area contributed by atoms with Gasteiger partial charge in [0.25, 0.3) is 0 Å². The number of para-hydroxylation sites is 1. The van der Waals surface area contributed by atoms with Gasteiger partial charge >= 0.3 is 0 Å². The Hall–Kier alpha value is -1.06. The van der Waals surface area contributed by atoms with Crippen LogP contribution in [0.1, 0.15) is 44.6 Å². The van der Waals surface area contributed by atoms with Crippen molar-refractivity contribution >= 4 is 5.69 Å². The topological polar surface area (TPSA) is 35.5 Å². The maximum Gasteiger partial charge on any atom is 0.0613 e. The highest BCUT2D eigenvalue weighted by Gasteiger charge is 2.34. The van der Waals surface area contributed by atoms with Crippen molar-refractivity contribution in [3.63, 3.8) is 0 Å². The number of nitrogens with zero attached hydrogens (tertiary/aromatic N) is 1. The fourth-order valence-electron chi connectivity index (χ4n) is 3.50. The standard InChI is InChI=1S/C18H28N2O/c1-2-18(14-21,19-16-8-9-16)11-5-12-20-13-10-15-6-3-4-7-17(15)20/h3-4,6-7,16,19,21H,2,5,8-14H2,1H3. The number of rotatable bonds is 8. The zero-order chi connectivity index (χ0) is 14.7. The number of aliphatic hydroxyl groups excluding tert-OH is 1. The third-order valence-electron chi connectivity index (χ3n) is 5.13. The third kappa shape index (κ3) is 3.41. The lowest BCUT2D eigenvalue weighted by Crippen LogP contribution is -2.49. The molecule has 1 saturated carbocycles. The molecule has 1 fully saturated rings. The molecule has 3 rings (SSSR count). The van der Waals surface area contributed by atoms with Crippen molar-refractivity contribution < 1.29 is 5.11 Å². The summed E-state index contributed by atoms with van der Waals surface area (Å²) < 4.78 is 0. The molecule has 0 radical (unpaired) electrons. The average Bonchev–Trinajstić information content (AvgIpc) is 3.25. The highest BCUT2D eigenvalue weighted by Crippen LogP contribution is 2.30.